The van der Waals surface area contributed by atoms with Crippen LogP contribution in [0.5, 0.6) is 0 Å². The summed E-state index contributed by atoms with van der Waals surface area (Å²) in [4.78, 5) is 7.46. The lowest BCUT2D eigenvalue weighted by atomic mass is 10.3. The van der Waals surface area contributed by atoms with Crippen LogP contribution in [0.25, 0.3) is 16.9 Å². The molecule has 1 N–H and O–H groups in total. The maximum atomic E-state index is 6.24. The van der Waals surface area contributed by atoms with Crippen LogP contribution < -0.4 is 0 Å². The van der Waals surface area contributed by atoms with Gasteiger partial charge in [0.15, 0.2) is 10.4 Å². The number of imidazole rings is 1. The summed E-state index contributed by atoms with van der Waals surface area (Å²) in [6.07, 6.45) is 1.71. The topological polar surface area (TPSA) is 33.6 Å². The maximum absolute atomic E-state index is 6.24. The molecule has 0 aliphatic carbocycles. The number of halogens is 3. The Hall–Kier alpha value is -0.880. The first kappa shape index (κ1) is 13.1. The Labute approximate surface area is 132 Å². The van der Waals surface area contributed by atoms with Gasteiger partial charge in [0.05, 0.1) is 21.2 Å². The molecule has 0 radical (unpaired) electrons. The number of H-pyrrole nitrogens is 1. The highest BCUT2D eigenvalue weighted by Gasteiger charge is 2.12. The molecule has 2 heterocycles. The fourth-order valence-corrected chi connectivity index (χ4v) is 2.86. The standard InChI is InChI=1S/C12H6BrCl2N3S/c13-6-4-8-11(16-5-6)18(12(19)17-8)9-3-1-2-7(14)10(9)15/h1-5H,(H,17,19). The number of nitrogens with one attached hydrogen (secondary N) is 1. The van der Waals surface area contributed by atoms with Crippen LogP contribution >= 0.6 is 51.3 Å². The summed E-state index contributed by atoms with van der Waals surface area (Å²) in [6, 6.07) is 7.31. The van der Waals surface area contributed by atoms with E-state index in [1.165, 1.54) is 0 Å². The first-order valence-electron chi connectivity index (χ1n) is 5.28. The van der Waals surface area contributed by atoms with E-state index in [2.05, 4.69) is 25.9 Å². The summed E-state index contributed by atoms with van der Waals surface area (Å²) in [5.74, 6) is 0. The molecule has 0 unspecified atom stereocenters. The third-order valence-corrected chi connectivity index (χ3v) is 4.19. The van der Waals surface area contributed by atoms with E-state index in [1.807, 2.05) is 18.2 Å². The zero-order valence-electron chi connectivity index (χ0n) is 9.32. The Morgan fingerprint density at radius 2 is 2.11 bits per heavy atom. The second-order valence-electron chi connectivity index (χ2n) is 3.86. The van der Waals surface area contributed by atoms with Crippen LogP contribution in [0.1, 0.15) is 0 Å². The van der Waals surface area contributed by atoms with Gasteiger partial charge in [-0.25, -0.2) is 4.98 Å². The molecule has 3 rings (SSSR count). The Kier molecular flexibility index (Phi) is 3.39. The van der Waals surface area contributed by atoms with Gasteiger partial charge in [-0.05, 0) is 46.3 Å². The van der Waals surface area contributed by atoms with Crippen molar-refractivity contribution in [2.75, 3.05) is 0 Å². The number of pyridine rings is 1. The number of hydrogen-bond donors (Lipinski definition) is 1. The van der Waals surface area contributed by atoms with Gasteiger partial charge >= 0.3 is 0 Å². The number of hydrogen-bond acceptors (Lipinski definition) is 2. The van der Waals surface area contributed by atoms with Crippen molar-refractivity contribution in [3.63, 3.8) is 0 Å². The maximum Gasteiger partial charge on any atom is 0.184 e. The molecule has 0 atom stereocenters. The molecule has 1 aromatic carbocycles. The second-order valence-corrected chi connectivity index (χ2v) is 5.95. The predicted octanol–water partition coefficient (Wildman–Crippen LogP) is 5.15. The van der Waals surface area contributed by atoms with Crippen molar-refractivity contribution in [2.45, 2.75) is 0 Å². The molecule has 96 valence electrons. The van der Waals surface area contributed by atoms with E-state index in [0.717, 1.165) is 9.99 Å². The van der Waals surface area contributed by atoms with Gasteiger partial charge in [-0.1, -0.05) is 29.3 Å². The van der Waals surface area contributed by atoms with Crippen LogP contribution in [0.15, 0.2) is 34.9 Å². The molecule has 0 aliphatic heterocycles. The summed E-state index contributed by atoms with van der Waals surface area (Å²) in [5.41, 5.74) is 2.24. The zero-order chi connectivity index (χ0) is 13.6. The zero-order valence-corrected chi connectivity index (χ0v) is 13.2. The van der Waals surface area contributed by atoms with E-state index >= 15 is 0 Å². The first-order chi connectivity index (χ1) is 9.08. The Bertz CT molecular complexity index is 841. The summed E-state index contributed by atoms with van der Waals surface area (Å²) in [6.45, 7) is 0. The van der Waals surface area contributed by atoms with Gasteiger partial charge in [-0.15, -0.1) is 0 Å². The minimum atomic E-state index is 0.450. The van der Waals surface area contributed by atoms with E-state index in [9.17, 15) is 0 Å². The number of benzene rings is 1. The van der Waals surface area contributed by atoms with Crippen molar-refractivity contribution in [3.05, 3.63) is 49.8 Å². The lowest BCUT2D eigenvalue weighted by Crippen LogP contribution is -1.96. The summed E-state index contributed by atoms with van der Waals surface area (Å²) < 4.78 is 3.16. The van der Waals surface area contributed by atoms with Crippen molar-refractivity contribution < 1.29 is 0 Å². The molecule has 19 heavy (non-hydrogen) atoms. The normalized spacial score (nSPS) is 11.1. The Morgan fingerprint density at radius 1 is 1.32 bits per heavy atom. The summed E-state index contributed by atoms with van der Waals surface area (Å²) in [5, 5.41) is 0.929. The Morgan fingerprint density at radius 3 is 2.89 bits per heavy atom. The molecule has 0 amide bonds. The second kappa shape index (κ2) is 4.90. The monoisotopic (exact) mass is 373 g/mol. The van der Waals surface area contributed by atoms with Gasteiger partial charge in [0.1, 0.15) is 0 Å². The molecule has 0 spiro atoms. The molecule has 0 saturated carbocycles. The van der Waals surface area contributed by atoms with Crippen molar-refractivity contribution >= 4 is 62.5 Å². The molecule has 7 heteroatoms. The number of rotatable bonds is 1. The fourth-order valence-electron chi connectivity index (χ4n) is 1.86. The molecule has 0 saturated heterocycles. The van der Waals surface area contributed by atoms with Gasteiger partial charge in [0, 0.05) is 10.7 Å². The van der Waals surface area contributed by atoms with Crippen LogP contribution in [0.4, 0.5) is 0 Å². The van der Waals surface area contributed by atoms with Gasteiger partial charge in [-0.3, -0.25) is 4.57 Å². The molecule has 0 aliphatic rings. The fraction of sp³-hybridized carbons (Fsp3) is 0. The van der Waals surface area contributed by atoms with E-state index in [-0.39, 0.29) is 0 Å². The van der Waals surface area contributed by atoms with Gasteiger partial charge in [0.2, 0.25) is 0 Å². The molecule has 3 aromatic rings. The summed E-state index contributed by atoms with van der Waals surface area (Å²) >= 11 is 21.0. The van der Waals surface area contributed by atoms with Crippen LogP contribution in [-0.4, -0.2) is 14.5 Å². The van der Waals surface area contributed by atoms with Gasteiger partial charge in [-0.2, -0.15) is 0 Å². The quantitative estimate of drug-likeness (QED) is 0.597. The van der Waals surface area contributed by atoms with Crippen molar-refractivity contribution in [1.82, 2.24) is 14.5 Å². The molecule has 0 fully saturated rings. The lowest BCUT2D eigenvalue weighted by molar-refractivity contribution is 1.04. The molecule has 3 nitrogen and oxygen atoms in total. The molecule has 0 bridgehead atoms. The average Bonchev–Trinajstić information content (AvgIpc) is 2.68. The first-order valence-corrected chi connectivity index (χ1v) is 7.24. The molecular weight excluding hydrogens is 369 g/mol. The minimum absolute atomic E-state index is 0.450. The minimum Gasteiger partial charge on any atom is -0.329 e. The highest BCUT2D eigenvalue weighted by molar-refractivity contribution is 9.10. The average molecular weight is 375 g/mol. The van der Waals surface area contributed by atoms with Crippen LogP contribution in [-0.2, 0) is 0 Å². The molecular formula is C12H6BrCl2N3S. The highest BCUT2D eigenvalue weighted by atomic mass is 79.9. The largest absolute Gasteiger partial charge is 0.329 e. The predicted molar refractivity (Wildman–Crippen MR) is 84.0 cm³/mol. The lowest BCUT2D eigenvalue weighted by Gasteiger charge is -2.07. The van der Waals surface area contributed by atoms with E-state index in [0.29, 0.717) is 26.2 Å². The van der Waals surface area contributed by atoms with Crippen molar-refractivity contribution in [3.8, 4) is 5.69 Å². The van der Waals surface area contributed by atoms with E-state index in [4.69, 9.17) is 35.4 Å². The van der Waals surface area contributed by atoms with Crippen LogP contribution in [0.3, 0.4) is 0 Å². The van der Waals surface area contributed by atoms with Gasteiger partial charge < -0.3 is 4.98 Å². The number of nitrogens with zero attached hydrogens (tertiary/aromatic N) is 2. The van der Waals surface area contributed by atoms with E-state index in [1.54, 1.807) is 16.8 Å². The van der Waals surface area contributed by atoms with Crippen LogP contribution in [0, 0.1) is 4.77 Å². The highest BCUT2D eigenvalue weighted by Crippen LogP contribution is 2.30. The molecule has 2 aromatic heterocycles. The Balaban J connectivity index is 2.40. The third-order valence-electron chi connectivity index (χ3n) is 2.66. The SMILES string of the molecule is S=c1[nH]c2cc(Br)cnc2n1-c1cccc(Cl)c1Cl. The van der Waals surface area contributed by atoms with E-state index < -0.39 is 0 Å². The van der Waals surface area contributed by atoms with Crippen molar-refractivity contribution in [1.29, 1.82) is 0 Å². The van der Waals surface area contributed by atoms with Crippen molar-refractivity contribution in [2.24, 2.45) is 0 Å². The third kappa shape index (κ3) is 2.21. The summed E-state index contributed by atoms with van der Waals surface area (Å²) in [7, 11) is 0. The number of aromatic nitrogens is 3. The smallest absolute Gasteiger partial charge is 0.184 e. The van der Waals surface area contributed by atoms with Crippen LogP contribution in [0.2, 0.25) is 10.0 Å². The van der Waals surface area contributed by atoms with Gasteiger partial charge in [0.25, 0.3) is 0 Å². The number of fused-ring (bicyclic) bond motifs is 1. The number of aromatic amines is 1.